The molecule has 0 aromatic heterocycles. The minimum absolute atomic E-state index is 0.139. The van der Waals surface area contributed by atoms with Crippen LogP contribution in [0.1, 0.15) is 30.5 Å². The number of nitrogens with one attached hydrogen (secondary N) is 1. The molecule has 0 aliphatic heterocycles. The molecule has 0 aliphatic carbocycles. The van der Waals surface area contributed by atoms with Crippen molar-refractivity contribution < 1.29 is 18.0 Å². The lowest BCUT2D eigenvalue weighted by Crippen LogP contribution is -2.54. The summed E-state index contributed by atoms with van der Waals surface area (Å²) in [5.41, 5.74) is 3.09. The number of sulfonamides is 1. The molecule has 0 bridgehead atoms. The number of aryl methyl sites for hydroxylation is 1. The van der Waals surface area contributed by atoms with E-state index < -0.39 is 28.5 Å². The SMILES string of the molecule is Cc1ccc(CN(C(=O)CN(c2ccc(Cl)cc2)S(C)(=O)=O)[C@@H](Cc2ccccc2)C(=O)NC(C)C)cc1. The van der Waals surface area contributed by atoms with Gasteiger partial charge >= 0.3 is 0 Å². The Morgan fingerprint density at radius 3 is 2.05 bits per heavy atom. The Bertz CT molecular complexity index is 1330. The first-order chi connectivity index (χ1) is 17.9. The number of benzene rings is 3. The highest BCUT2D eigenvalue weighted by Crippen LogP contribution is 2.22. The number of anilines is 1. The first-order valence-electron chi connectivity index (χ1n) is 12.4. The van der Waals surface area contributed by atoms with Crippen molar-refractivity contribution in [3.63, 3.8) is 0 Å². The number of nitrogens with zero attached hydrogens (tertiary/aromatic N) is 2. The van der Waals surface area contributed by atoms with Crippen LogP contribution in [0.5, 0.6) is 0 Å². The van der Waals surface area contributed by atoms with E-state index in [1.807, 2.05) is 75.4 Å². The summed E-state index contributed by atoms with van der Waals surface area (Å²) in [6, 6.07) is 22.4. The van der Waals surface area contributed by atoms with Gasteiger partial charge in [-0.3, -0.25) is 13.9 Å². The van der Waals surface area contributed by atoms with Crippen LogP contribution in [0.15, 0.2) is 78.9 Å². The maximum Gasteiger partial charge on any atom is 0.244 e. The quantitative estimate of drug-likeness (QED) is 0.375. The van der Waals surface area contributed by atoms with Crippen LogP contribution in [0.4, 0.5) is 5.69 Å². The van der Waals surface area contributed by atoms with Gasteiger partial charge in [-0.05, 0) is 56.2 Å². The highest BCUT2D eigenvalue weighted by atomic mass is 35.5. The molecule has 7 nitrogen and oxygen atoms in total. The molecule has 9 heteroatoms. The molecule has 2 amide bonds. The Kier molecular flexibility index (Phi) is 9.94. The van der Waals surface area contributed by atoms with Crippen molar-refractivity contribution >= 4 is 39.1 Å². The predicted octanol–water partition coefficient (Wildman–Crippen LogP) is 4.58. The van der Waals surface area contributed by atoms with Gasteiger partial charge in [0.1, 0.15) is 12.6 Å². The number of rotatable bonds is 11. The van der Waals surface area contributed by atoms with E-state index in [0.29, 0.717) is 10.7 Å². The van der Waals surface area contributed by atoms with Crippen molar-refractivity contribution in [1.82, 2.24) is 10.2 Å². The summed E-state index contributed by atoms with van der Waals surface area (Å²) in [4.78, 5) is 28.9. The van der Waals surface area contributed by atoms with Crippen molar-refractivity contribution in [1.29, 1.82) is 0 Å². The first-order valence-corrected chi connectivity index (χ1v) is 14.6. The van der Waals surface area contributed by atoms with Crippen LogP contribution in [-0.2, 0) is 32.6 Å². The van der Waals surface area contributed by atoms with E-state index in [1.54, 1.807) is 24.3 Å². The van der Waals surface area contributed by atoms with Gasteiger partial charge in [-0.2, -0.15) is 0 Å². The van der Waals surface area contributed by atoms with Gasteiger partial charge in [-0.25, -0.2) is 8.42 Å². The lowest BCUT2D eigenvalue weighted by Gasteiger charge is -2.34. The van der Waals surface area contributed by atoms with Crippen LogP contribution in [-0.4, -0.2) is 50.0 Å². The minimum Gasteiger partial charge on any atom is -0.352 e. The lowest BCUT2D eigenvalue weighted by atomic mass is 10.0. The van der Waals surface area contributed by atoms with Crippen molar-refractivity contribution in [2.75, 3.05) is 17.1 Å². The molecular weight excluding hydrogens is 522 g/mol. The molecule has 0 saturated heterocycles. The van der Waals surface area contributed by atoms with Crippen molar-refractivity contribution in [3.8, 4) is 0 Å². The fourth-order valence-corrected chi connectivity index (χ4v) is 5.02. The third-order valence-electron chi connectivity index (χ3n) is 5.97. The highest BCUT2D eigenvalue weighted by molar-refractivity contribution is 7.92. The van der Waals surface area contributed by atoms with Gasteiger partial charge in [0.15, 0.2) is 0 Å². The van der Waals surface area contributed by atoms with Crippen LogP contribution >= 0.6 is 11.6 Å². The summed E-state index contributed by atoms with van der Waals surface area (Å²) in [5.74, 6) is -0.799. The number of hydrogen-bond acceptors (Lipinski definition) is 4. The normalized spacial score (nSPS) is 12.2. The zero-order chi connectivity index (χ0) is 27.9. The smallest absolute Gasteiger partial charge is 0.244 e. The third kappa shape index (κ3) is 8.33. The van der Waals surface area contributed by atoms with Crippen molar-refractivity contribution in [2.45, 2.75) is 45.8 Å². The average molecular weight is 556 g/mol. The fraction of sp³-hybridized carbons (Fsp3) is 0.310. The number of hydrogen-bond donors (Lipinski definition) is 1. The van der Waals surface area contributed by atoms with Gasteiger partial charge in [-0.1, -0.05) is 71.8 Å². The fourth-order valence-electron chi connectivity index (χ4n) is 4.05. The monoisotopic (exact) mass is 555 g/mol. The molecule has 202 valence electrons. The zero-order valence-electron chi connectivity index (χ0n) is 22.1. The maximum absolute atomic E-state index is 13.9. The Balaban J connectivity index is 2.04. The first kappa shape index (κ1) is 29.2. The Morgan fingerprint density at radius 1 is 0.895 bits per heavy atom. The second-order valence-corrected chi connectivity index (χ2v) is 12.0. The molecule has 0 spiro atoms. The second-order valence-electron chi connectivity index (χ2n) is 9.62. The standard InChI is InChI=1S/C29H34ClN3O4S/c1-21(2)31-29(35)27(18-23-8-6-5-7-9-23)32(19-24-12-10-22(3)11-13-24)28(34)20-33(38(4,36)37)26-16-14-25(30)15-17-26/h5-17,21,27H,18-20H2,1-4H3,(H,31,35)/t27-/m0/s1. The third-order valence-corrected chi connectivity index (χ3v) is 7.36. The molecule has 0 aliphatic rings. The largest absolute Gasteiger partial charge is 0.352 e. The van der Waals surface area contributed by atoms with Crippen LogP contribution in [0.2, 0.25) is 5.02 Å². The molecule has 3 rings (SSSR count). The number of amides is 2. The number of carbonyl (C=O) groups is 2. The van der Waals surface area contributed by atoms with Crippen LogP contribution < -0.4 is 9.62 Å². The summed E-state index contributed by atoms with van der Waals surface area (Å²) in [5, 5.41) is 3.38. The molecular formula is C29H34ClN3O4S. The molecule has 0 unspecified atom stereocenters. The molecule has 3 aromatic rings. The number of halogens is 1. The Labute approximate surface area is 230 Å². The highest BCUT2D eigenvalue weighted by Gasteiger charge is 2.33. The molecule has 1 N–H and O–H groups in total. The second kappa shape index (κ2) is 12.9. The molecule has 0 heterocycles. The number of carbonyl (C=O) groups excluding carboxylic acids is 2. The molecule has 1 atom stereocenters. The van der Waals surface area contributed by atoms with Crippen molar-refractivity contribution in [2.24, 2.45) is 0 Å². The summed E-state index contributed by atoms with van der Waals surface area (Å²) in [6.07, 6.45) is 1.32. The summed E-state index contributed by atoms with van der Waals surface area (Å²) >= 11 is 6.00. The summed E-state index contributed by atoms with van der Waals surface area (Å²) < 4.78 is 26.5. The predicted molar refractivity (Wildman–Crippen MR) is 153 cm³/mol. The average Bonchev–Trinajstić information content (AvgIpc) is 2.86. The lowest BCUT2D eigenvalue weighted by molar-refractivity contribution is -0.140. The van der Waals surface area contributed by atoms with E-state index in [4.69, 9.17) is 11.6 Å². The van der Waals surface area contributed by atoms with Gasteiger partial charge in [-0.15, -0.1) is 0 Å². The molecule has 3 aromatic carbocycles. The van der Waals surface area contributed by atoms with Gasteiger partial charge in [0.05, 0.1) is 11.9 Å². The molecule has 38 heavy (non-hydrogen) atoms. The van der Waals surface area contributed by atoms with Gasteiger partial charge in [0.25, 0.3) is 0 Å². The van der Waals surface area contributed by atoms with Gasteiger partial charge in [0.2, 0.25) is 21.8 Å². The molecule has 0 radical (unpaired) electrons. The van der Waals surface area contributed by atoms with E-state index in [2.05, 4.69) is 5.32 Å². The van der Waals surface area contributed by atoms with Gasteiger partial charge < -0.3 is 10.2 Å². The van der Waals surface area contributed by atoms with Gasteiger partial charge in [0, 0.05) is 24.0 Å². The molecule has 0 fully saturated rings. The topological polar surface area (TPSA) is 86.8 Å². The Hall–Kier alpha value is -3.36. The van der Waals surface area contributed by atoms with E-state index in [9.17, 15) is 18.0 Å². The van der Waals surface area contributed by atoms with Crippen LogP contribution in [0, 0.1) is 6.92 Å². The van der Waals surface area contributed by atoms with E-state index >= 15 is 0 Å². The summed E-state index contributed by atoms with van der Waals surface area (Å²) in [7, 11) is -3.82. The van der Waals surface area contributed by atoms with Crippen LogP contribution in [0.25, 0.3) is 0 Å². The summed E-state index contributed by atoms with van der Waals surface area (Å²) in [6.45, 7) is 5.36. The van der Waals surface area contributed by atoms with Crippen molar-refractivity contribution in [3.05, 3.63) is 101 Å². The van der Waals surface area contributed by atoms with Crippen LogP contribution in [0.3, 0.4) is 0 Å². The Morgan fingerprint density at radius 2 is 1.50 bits per heavy atom. The molecule has 0 saturated carbocycles. The zero-order valence-corrected chi connectivity index (χ0v) is 23.7. The maximum atomic E-state index is 13.9. The van der Waals surface area contributed by atoms with E-state index in [0.717, 1.165) is 27.3 Å². The van der Waals surface area contributed by atoms with E-state index in [1.165, 1.54) is 4.90 Å². The van der Waals surface area contributed by atoms with E-state index in [-0.39, 0.29) is 24.9 Å². The minimum atomic E-state index is -3.82.